The van der Waals surface area contributed by atoms with Gasteiger partial charge in [-0.05, 0) is 25.0 Å². The van der Waals surface area contributed by atoms with E-state index in [-0.39, 0.29) is 18.9 Å². The van der Waals surface area contributed by atoms with Gasteiger partial charge in [0.05, 0.1) is 0 Å². The highest BCUT2D eigenvalue weighted by molar-refractivity contribution is 7.80. The third-order valence-electron chi connectivity index (χ3n) is 3.56. The van der Waals surface area contributed by atoms with Gasteiger partial charge in [-0.2, -0.15) is 0 Å². The average Bonchev–Trinajstić information content (AvgIpc) is 2.53. The van der Waals surface area contributed by atoms with Crippen molar-refractivity contribution in [2.75, 3.05) is 6.61 Å². The predicted octanol–water partition coefficient (Wildman–Crippen LogP) is 4.36. The molecule has 8 heteroatoms. The fourth-order valence-electron chi connectivity index (χ4n) is 2.36. The van der Waals surface area contributed by atoms with Crippen LogP contribution in [0.4, 0.5) is 0 Å². The minimum absolute atomic E-state index is 0. The highest BCUT2D eigenvalue weighted by Gasteiger charge is 2.12. The number of para-hydroxylation sites is 1. The summed E-state index contributed by atoms with van der Waals surface area (Å²) in [5.74, 6) is 0.666. The highest BCUT2D eigenvalue weighted by atomic mass is 32.3. The Morgan fingerprint density at radius 3 is 2.20 bits per heavy atom. The smallest absolute Gasteiger partial charge is 0.245 e. The second kappa shape index (κ2) is 14.0. The Labute approximate surface area is 151 Å². The zero-order valence-electron chi connectivity index (χ0n) is 15.2. The summed E-state index contributed by atoms with van der Waals surface area (Å²) in [5, 5.41) is 0. The van der Waals surface area contributed by atoms with Crippen molar-refractivity contribution in [2.45, 2.75) is 64.4 Å². The van der Waals surface area contributed by atoms with Crippen LogP contribution >= 0.6 is 0 Å². The fraction of sp³-hybridized carbons (Fsp3) is 0.647. The second-order valence-corrected chi connectivity index (χ2v) is 6.68. The number of rotatable bonds is 14. The summed E-state index contributed by atoms with van der Waals surface area (Å²) < 4.78 is 40.8. The summed E-state index contributed by atoms with van der Waals surface area (Å²) in [7, 11) is -4.86. The van der Waals surface area contributed by atoms with Gasteiger partial charge in [-0.1, -0.05) is 63.6 Å². The van der Waals surface area contributed by atoms with Gasteiger partial charge in [-0.3, -0.25) is 0 Å². The maximum Gasteiger partial charge on any atom is 0.245 e. The van der Waals surface area contributed by atoms with Crippen molar-refractivity contribution in [3.63, 3.8) is 0 Å². The van der Waals surface area contributed by atoms with Gasteiger partial charge in [0.2, 0.25) is 10.4 Å². The van der Waals surface area contributed by atoms with E-state index in [2.05, 4.69) is 16.1 Å². The summed E-state index contributed by atoms with van der Waals surface area (Å²) in [6.45, 7) is 2.07. The molecule has 1 unspecified atom stereocenters. The van der Waals surface area contributed by atoms with Crippen molar-refractivity contribution in [3.8, 4) is 5.75 Å². The van der Waals surface area contributed by atoms with Crippen LogP contribution in [-0.2, 0) is 19.6 Å². The number of hydrogen-bond acceptors (Lipinski definition) is 6. The van der Waals surface area contributed by atoms with Gasteiger partial charge in [0.15, 0.2) is 0 Å². The Bertz CT molecular complexity index is 523. The lowest BCUT2D eigenvalue weighted by atomic mass is 10.1. The van der Waals surface area contributed by atoms with E-state index < -0.39 is 10.4 Å². The normalized spacial score (nSPS) is 12.4. The first kappa shape index (κ1) is 23.8. The zero-order chi connectivity index (χ0) is 17.7. The quantitative estimate of drug-likeness (QED) is 0.169. The minimum Gasteiger partial charge on any atom is -0.724 e. The first-order valence-corrected chi connectivity index (χ1v) is 9.83. The third kappa shape index (κ3) is 13.7. The molecular weight excluding hydrogens is 346 g/mol. The summed E-state index contributed by atoms with van der Waals surface area (Å²) in [5.41, 5.74) is 0. The first-order valence-electron chi connectivity index (χ1n) is 8.50. The molecule has 1 atom stereocenters. The van der Waals surface area contributed by atoms with Crippen molar-refractivity contribution in [1.82, 2.24) is 6.15 Å². The largest absolute Gasteiger partial charge is 0.724 e. The highest BCUT2D eigenvalue weighted by Crippen LogP contribution is 2.16. The first-order chi connectivity index (χ1) is 11.5. The Balaban J connectivity index is 0.00000576. The van der Waals surface area contributed by atoms with Crippen LogP contribution in [-0.4, -0.2) is 25.7 Å². The predicted molar refractivity (Wildman–Crippen MR) is 96.2 cm³/mol. The molecular formula is C17H31NO6S. The van der Waals surface area contributed by atoms with Gasteiger partial charge in [0.1, 0.15) is 18.5 Å². The molecule has 25 heavy (non-hydrogen) atoms. The second-order valence-electron chi connectivity index (χ2n) is 5.72. The molecule has 0 aliphatic rings. The standard InChI is InChI=1S/C17H28O6S.H3N/c1-2-3-4-5-6-7-9-14-17(15-21-23-24(18,19)20)22-16-12-10-8-11-13-16;/h8,10-13,17H,2-7,9,14-15H2,1H3,(H,18,19,20);1H3. The van der Waals surface area contributed by atoms with Crippen molar-refractivity contribution in [1.29, 1.82) is 0 Å². The van der Waals surface area contributed by atoms with E-state index in [0.29, 0.717) is 12.2 Å². The van der Waals surface area contributed by atoms with E-state index in [1.165, 1.54) is 32.1 Å². The van der Waals surface area contributed by atoms with Crippen LogP contribution in [0.15, 0.2) is 30.3 Å². The van der Waals surface area contributed by atoms with Crippen LogP contribution in [0.2, 0.25) is 0 Å². The molecule has 0 aliphatic carbocycles. The average molecular weight is 378 g/mol. The number of ether oxygens (including phenoxy) is 1. The number of hydrogen-bond donors (Lipinski definition) is 1. The molecule has 0 aromatic heterocycles. The molecule has 0 spiro atoms. The molecule has 0 heterocycles. The zero-order valence-corrected chi connectivity index (χ0v) is 16.0. The van der Waals surface area contributed by atoms with Gasteiger partial charge in [0.25, 0.3) is 0 Å². The molecule has 0 bridgehead atoms. The molecule has 0 fully saturated rings. The lowest BCUT2D eigenvalue weighted by Crippen LogP contribution is -2.24. The van der Waals surface area contributed by atoms with Gasteiger partial charge < -0.3 is 15.4 Å². The van der Waals surface area contributed by atoms with Crippen LogP contribution in [0.3, 0.4) is 0 Å². The van der Waals surface area contributed by atoms with Gasteiger partial charge >= 0.3 is 0 Å². The molecule has 0 aliphatic heterocycles. The summed E-state index contributed by atoms with van der Waals surface area (Å²) in [4.78, 5) is 4.52. The van der Waals surface area contributed by atoms with Crippen LogP contribution in [0.25, 0.3) is 0 Å². The van der Waals surface area contributed by atoms with Crippen LogP contribution in [0.1, 0.15) is 58.3 Å². The van der Waals surface area contributed by atoms with Crippen LogP contribution < -0.4 is 10.9 Å². The van der Waals surface area contributed by atoms with Gasteiger partial charge in [-0.15, -0.1) is 4.33 Å². The molecule has 0 radical (unpaired) electrons. The number of benzene rings is 1. The molecule has 1 aromatic carbocycles. The molecule has 1 aromatic rings. The van der Waals surface area contributed by atoms with E-state index in [4.69, 9.17) is 4.74 Å². The van der Waals surface area contributed by atoms with Gasteiger partial charge in [-0.25, -0.2) is 13.3 Å². The maximum absolute atomic E-state index is 10.4. The monoisotopic (exact) mass is 377 g/mol. The van der Waals surface area contributed by atoms with Gasteiger partial charge in [0, 0.05) is 0 Å². The molecule has 4 N–H and O–H groups in total. The summed E-state index contributed by atoms with van der Waals surface area (Å²) in [6.07, 6.45) is 8.52. The van der Waals surface area contributed by atoms with Crippen molar-refractivity contribution in [3.05, 3.63) is 30.3 Å². The Morgan fingerprint density at radius 2 is 1.60 bits per heavy atom. The van der Waals surface area contributed by atoms with E-state index in [0.717, 1.165) is 12.8 Å². The Kier molecular flexibility index (Phi) is 13.4. The van der Waals surface area contributed by atoms with E-state index in [9.17, 15) is 13.0 Å². The molecule has 0 saturated heterocycles. The molecule has 0 amide bonds. The molecule has 1 rings (SSSR count). The van der Waals surface area contributed by atoms with E-state index >= 15 is 0 Å². The minimum atomic E-state index is -4.86. The SMILES string of the molecule is CCCCCCCCCC(COOS(=O)(=O)[O-])Oc1ccccc1.[NH4+]. The van der Waals surface area contributed by atoms with Crippen LogP contribution in [0.5, 0.6) is 5.75 Å². The number of quaternary nitrogens is 1. The van der Waals surface area contributed by atoms with E-state index in [1.807, 2.05) is 30.3 Å². The third-order valence-corrected chi connectivity index (χ3v) is 3.82. The Hall–Kier alpha value is -1.19. The molecule has 0 saturated carbocycles. The number of unbranched alkanes of at least 4 members (excludes halogenated alkanes) is 6. The van der Waals surface area contributed by atoms with Crippen molar-refractivity contribution < 1.29 is 26.9 Å². The fourth-order valence-corrected chi connectivity index (χ4v) is 2.53. The Morgan fingerprint density at radius 1 is 1.00 bits per heavy atom. The lowest BCUT2D eigenvalue weighted by Gasteiger charge is -2.19. The summed E-state index contributed by atoms with van der Waals surface area (Å²) in [6, 6.07) is 9.19. The molecule has 7 nitrogen and oxygen atoms in total. The van der Waals surface area contributed by atoms with E-state index in [1.54, 1.807) is 0 Å². The molecule has 146 valence electrons. The van der Waals surface area contributed by atoms with Crippen LogP contribution in [0, 0.1) is 0 Å². The maximum atomic E-state index is 10.4. The summed E-state index contributed by atoms with van der Waals surface area (Å²) >= 11 is 0. The van der Waals surface area contributed by atoms with Crippen molar-refractivity contribution in [2.24, 2.45) is 0 Å². The van der Waals surface area contributed by atoms with Crippen molar-refractivity contribution >= 4 is 10.4 Å². The lowest BCUT2D eigenvalue weighted by molar-refractivity contribution is -0.223. The topological polar surface area (TPSA) is 121 Å².